The monoisotopic (exact) mass is 607 g/mol. The molecule has 6 atom stereocenters. The minimum atomic E-state index is -2.78. The first-order valence-corrected chi connectivity index (χ1v) is 14.1. The minimum absolute atomic E-state index is 0.0486. The Labute approximate surface area is 252 Å². The quantitative estimate of drug-likeness (QED) is 0.255. The van der Waals surface area contributed by atoms with Gasteiger partial charge >= 0.3 is 6.09 Å². The number of primary amides is 1. The number of benzene rings is 2. The normalized spacial score (nSPS) is 27.8. The third-order valence-corrected chi connectivity index (χ3v) is 8.91. The summed E-state index contributed by atoms with van der Waals surface area (Å²) >= 11 is 0. The van der Waals surface area contributed by atoms with Crippen LogP contribution in [0.1, 0.15) is 22.3 Å². The maximum absolute atomic E-state index is 14.0. The van der Waals surface area contributed by atoms with E-state index in [1.807, 2.05) is 0 Å². The number of hydrogen-bond donors (Lipinski definition) is 4. The minimum Gasteiger partial charge on any atom is -0.507 e. The molecule has 0 heterocycles. The highest BCUT2D eigenvalue weighted by molar-refractivity contribution is 6.32. The number of aromatic hydroxyl groups is 1. The molecule has 5 rings (SSSR count). The lowest BCUT2D eigenvalue weighted by atomic mass is 9.52. The molecule has 6 unspecified atom stereocenters. The molecule has 44 heavy (non-hydrogen) atoms. The SMILES string of the molecule is COCCOC(=O)Nc1ccc(-c2ccc(O)c3c2CC2CC4C(N(C)C)C(=O)C(C(N)=O)C(=O)C4(O)C(=O)C2C3=O)cc1. The molecule has 2 saturated carbocycles. The first-order chi connectivity index (χ1) is 20.8. The molecule has 2 aromatic rings. The van der Waals surface area contributed by atoms with Crippen molar-refractivity contribution in [2.75, 3.05) is 39.7 Å². The highest BCUT2D eigenvalue weighted by Gasteiger charge is 2.69. The van der Waals surface area contributed by atoms with E-state index in [2.05, 4.69) is 5.32 Å². The van der Waals surface area contributed by atoms with Gasteiger partial charge in [0.2, 0.25) is 5.91 Å². The number of anilines is 1. The lowest BCUT2D eigenvalue weighted by Gasteiger charge is -2.52. The summed E-state index contributed by atoms with van der Waals surface area (Å²) in [5.41, 5.74) is 4.65. The molecule has 13 nitrogen and oxygen atoms in total. The van der Waals surface area contributed by atoms with Crippen molar-refractivity contribution in [3.05, 3.63) is 47.5 Å². The van der Waals surface area contributed by atoms with E-state index in [4.69, 9.17) is 15.2 Å². The molecule has 232 valence electrons. The summed E-state index contributed by atoms with van der Waals surface area (Å²) in [6.07, 6.45) is -0.581. The highest BCUT2D eigenvalue weighted by atomic mass is 16.6. The van der Waals surface area contributed by atoms with Crippen LogP contribution in [0.4, 0.5) is 10.5 Å². The summed E-state index contributed by atoms with van der Waals surface area (Å²) in [7, 11) is 4.55. The highest BCUT2D eigenvalue weighted by Crippen LogP contribution is 2.51. The molecule has 3 aliphatic rings. The van der Waals surface area contributed by atoms with Crippen molar-refractivity contribution in [2.45, 2.75) is 24.5 Å². The van der Waals surface area contributed by atoms with Crippen molar-refractivity contribution in [1.29, 1.82) is 0 Å². The number of carbonyl (C=O) groups excluding carboxylic acids is 6. The van der Waals surface area contributed by atoms with E-state index in [-0.39, 0.29) is 37.4 Å². The topological polar surface area (TPSA) is 203 Å². The van der Waals surface area contributed by atoms with Gasteiger partial charge in [0.25, 0.3) is 0 Å². The third kappa shape index (κ3) is 4.86. The molecular formula is C31H33N3O10. The second-order valence-electron chi connectivity index (χ2n) is 11.6. The molecule has 0 radical (unpaired) electrons. The van der Waals surface area contributed by atoms with Crippen LogP contribution in [0.2, 0.25) is 0 Å². The van der Waals surface area contributed by atoms with Gasteiger partial charge in [-0.3, -0.25) is 34.2 Å². The van der Waals surface area contributed by atoms with Gasteiger partial charge in [-0.1, -0.05) is 18.2 Å². The van der Waals surface area contributed by atoms with E-state index in [0.717, 1.165) is 0 Å². The zero-order valence-electron chi connectivity index (χ0n) is 24.4. The molecule has 13 heteroatoms. The average molecular weight is 608 g/mol. The maximum Gasteiger partial charge on any atom is 0.411 e. The van der Waals surface area contributed by atoms with Crippen LogP contribution in [-0.2, 0) is 35.1 Å². The Bertz CT molecular complexity index is 1570. The van der Waals surface area contributed by atoms with Gasteiger partial charge < -0.3 is 25.4 Å². The van der Waals surface area contributed by atoms with Gasteiger partial charge in [0.05, 0.1) is 24.1 Å². The Morgan fingerprint density at radius 1 is 1.05 bits per heavy atom. The van der Waals surface area contributed by atoms with E-state index >= 15 is 0 Å². The number of hydrogen-bond acceptors (Lipinski definition) is 11. The Morgan fingerprint density at radius 3 is 2.34 bits per heavy atom. The Hall–Kier alpha value is -4.46. The first-order valence-electron chi connectivity index (χ1n) is 14.1. The van der Waals surface area contributed by atoms with Gasteiger partial charge in [-0.25, -0.2) is 4.79 Å². The predicted octanol–water partition coefficient (Wildman–Crippen LogP) is 0.729. The zero-order chi connectivity index (χ0) is 32.1. The van der Waals surface area contributed by atoms with E-state index in [9.17, 15) is 39.0 Å². The number of likely N-dealkylation sites (N-methyl/N-ethyl adjacent to an activating group) is 1. The lowest BCUT2D eigenvalue weighted by Crippen LogP contribution is -2.74. The average Bonchev–Trinajstić information content (AvgIpc) is 2.95. The summed E-state index contributed by atoms with van der Waals surface area (Å²) in [4.78, 5) is 80.1. The van der Waals surface area contributed by atoms with Crippen LogP contribution < -0.4 is 11.1 Å². The van der Waals surface area contributed by atoms with Gasteiger partial charge in [0.1, 0.15) is 12.4 Å². The van der Waals surface area contributed by atoms with Crippen molar-refractivity contribution in [2.24, 2.45) is 29.4 Å². The molecule has 0 bridgehead atoms. The lowest BCUT2D eigenvalue weighted by molar-refractivity contribution is -0.181. The van der Waals surface area contributed by atoms with Crippen LogP contribution in [0, 0.1) is 23.7 Å². The molecule has 2 fully saturated rings. The molecular weight excluding hydrogens is 574 g/mol. The summed E-state index contributed by atoms with van der Waals surface area (Å²) in [5, 5.41) is 25.1. The number of amides is 2. The van der Waals surface area contributed by atoms with Gasteiger partial charge in [0.15, 0.2) is 34.7 Å². The Balaban J connectivity index is 1.51. The fourth-order valence-electron chi connectivity index (χ4n) is 6.98. The number of carbonyl (C=O) groups is 6. The second-order valence-corrected chi connectivity index (χ2v) is 11.6. The number of fused-ring (bicyclic) bond motifs is 3. The number of phenols is 1. The standard InChI is InChI=1S/C31H33N3O10/c1-34(2)24-19-13-15-12-18-17(14-4-6-16(7-5-14)33-30(41)44-11-10-43-3)8-9-20(35)22(18)25(36)21(15)27(38)31(19,42)28(39)23(26(24)37)29(32)40/h4-9,15,19,21,23-24,35,42H,10-13H2,1-3H3,(H2,32,40)(H,33,41). The van der Waals surface area contributed by atoms with Crippen molar-refractivity contribution in [1.82, 2.24) is 4.90 Å². The van der Waals surface area contributed by atoms with Gasteiger partial charge in [0, 0.05) is 18.7 Å². The number of phenolic OH excluding ortho intramolecular Hbond substituents is 1. The van der Waals surface area contributed by atoms with Crippen LogP contribution in [0.25, 0.3) is 11.1 Å². The summed E-state index contributed by atoms with van der Waals surface area (Å²) in [6.45, 7) is 0.335. The van der Waals surface area contributed by atoms with E-state index in [1.54, 1.807) is 30.3 Å². The maximum atomic E-state index is 14.0. The van der Waals surface area contributed by atoms with Crippen molar-refractivity contribution < 1.29 is 48.5 Å². The van der Waals surface area contributed by atoms with Crippen LogP contribution in [0.15, 0.2) is 36.4 Å². The molecule has 2 amide bonds. The molecule has 0 saturated heterocycles. The zero-order valence-corrected chi connectivity index (χ0v) is 24.4. The van der Waals surface area contributed by atoms with E-state index in [1.165, 1.54) is 32.2 Å². The van der Waals surface area contributed by atoms with Gasteiger partial charge in [-0.15, -0.1) is 0 Å². The number of ketones is 4. The summed E-state index contributed by atoms with van der Waals surface area (Å²) < 4.78 is 9.85. The summed E-state index contributed by atoms with van der Waals surface area (Å²) in [5.74, 6) is -11.0. The van der Waals surface area contributed by atoms with Crippen LogP contribution in [0.3, 0.4) is 0 Å². The number of aliphatic hydroxyl groups is 1. The number of nitrogens with one attached hydrogen (secondary N) is 1. The molecule has 5 N–H and O–H groups in total. The van der Waals surface area contributed by atoms with Crippen molar-refractivity contribution in [3.8, 4) is 16.9 Å². The van der Waals surface area contributed by atoms with Gasteiger partial charge in [-0.2, -0.15) is 0 Å². The molecule has 0 aliphatic heterocycles. The fourth-order valence-corrected chi connectivity index (χ4v) is 6.98. The van der Waals surface area contributed by atoms with E-state index < -0.39 is 70.4 Å². The first kappa shape index (κ1) is 31.0. The number of ether oxygens (including phenoxy) is 2. The van der Waals surface area contributed by atoms with Crippen molar-refractivity contribution >= 4 is 40.8 Å². The van der Waals surface area contributed by atoms with Crippen LogP contribution in [-0.4, -0.2) is 96.3 Å². The Morgan fingerprint density at radius 2 is 1.73 bits per heavy atom. The number of rotatable bonds is 7. The summed E-state index contributed by atoms with van der Waals surface area (Å²) in [6, 6.07) is 8.48. The number of nitrogens with two attached hydrogens (primary N) is 1. The van der Waals surface area contributed by atoms with Crippen LogP contribution in [0.5, 0.6) is 5.75 Å². The number of nitrogens with zero attached hydrogens (tertiary/aromatic N) is 1. The van der Waals surface area contributed by atoms with Gasteiger partial charge in [-0.05, 0) is 67.7 Å². The van der Waals surface area contributed by atoms with E-state index in [0.29, 0.717) is 22.4 Å². The number of Topliss-reactive ketones (excluding diaryl/α,β-unsaturated/α-hetero) is 4. The fraction of sp³-hybridized carbons (Fsp3) is 0.419. The van der Waals surface area contributed by atoms with Crippen LogP contribution >= 0.6 is 0 Å². The largest absolute Gasteiger partial charge is 0.507 e. The third-order valence-electron chi connectivity index (χ3n) is 8.91. The molecule has 3 aliphatic carbocycles. The smallest absolute Gasteiger partial charge is 0.411 e. The number of methoxy groups -OCH3 is 1. The van der Waals surface area contributed by atoms with Crippen molar-refractivity contribution in [3.63, 3.8) is 0 Å². The molecule has 0 spiro atoms. The second kappa shape index (κ2) is 11.6. The Kier molecular flexibility index (Phi) is 8.14. The molecule has 2 aromatic carbocycles. The predicted molar refractivity (Wildman–Crippen MR) is 154 cm³/mol. The molecule has 0 aromatic heterocycles.